The average molecular weight is 569 g/mol. The number of imide groups is 1. The number of imidazole rings is 1. The summed E-state index contributed by atoms with van der Waals surface area (Å²) in [5.74, 6) is 1.83. The van der Waals surface area contributed by atoms with E-state index in [0.717, 1.165) is 55.2 Å². The van der Waals surface area contributed by atoms with Crippen molar-refractivity contribution in [3.8, 4) is 11.6 Å². The first-order valence-corrected chi connectivity index (χ1v) is 13.9. The molecule has 1 fully saturated rings. The van der Waals surface area contributed by atoms with Gasteiger partial charge in [0.15, 0.2) is 17.2 Å². The molecule has 3 N–H and O–H groups in total. The lowest BCUT2D eigenvalue weighted by Crippen LogP contribution is -2.38. The van der Waals surface area contributed by atoms with E-state index >= 15 is 0 Å². The number of ether oxygens (including phenoxy) is 2. The minimum Gasteiger partial charge on any atom is -0.491 e. The molecule has 0 aliphatic carbocycles. The maximum atomic E-state index is 12.2. The third kappa shape index (κ3) is 5.18. The lowest BCUT2D eigenvalue weighted by atomic mass is 9.93. The Kier molecular flexibility index (Phi) is 7.34. The number of fused-ring (bicyclic) bond motifs is 2. The van der Waals surface area contributed by atoms with E-state index in [-0.39, 0.29) is 17.7 Å². The summed E-state index contributed by atoms with van der Waals surface area (Å²) in [4.78, 5) is 35.5. The van der Waals surface area contributed by atoms with Gasteiger partial charge in [0.05, 0.1) is 31.0 Å². The standard InChI is InChI=1S/C30H32N8O4/c1-4-6-22(32-19-8-9-20-21(15-19)29(40)35-28(20)39)18-7-5-13-37(17-18)26-16-23(27-31-12-14-38(27)36-26)33-25-11-10-24(41-2)30(34-25)42-3/h6,8-12,14-16,18,32H,4-5,7,13,17H2,1-3H3,(H,33,34)(H,35,39,40)/b22-6+. The number of pyridine rings is 1. The molecule has 1 saturated heterocycles. The molecule has 1 aromatic carbocycles. The van der Waals surface area contributed by atoms with Gasteiger partial charge < -0.3 is 25.0 Å². The Morgan fingerprint density at radius 3 is 2.79 bits per heavy atom. The molecule has 3 aromatic heterocycles. The van der Waals surface area contributed by atoms with Crippen LogP contribution in [-0.4, -0.2) is 58.7 Å². The van der Waals surface area contributed by atoms with E-state index in [1.54, 1.807) is 43.1 Å². The van der Waals surface area contributed by atoms with Crippen molar-refractivity contribution in [3.05, 3.63) is 71.7 Å². The monoisotopic (exact) mass is 568 g/mol. The Morgan fingerprint density at radius 2 is 1.98 bits per heavy atom. The summed E-state index contributed by atoms with van der Waals surface area (Å²) < 4.78 is 12.5. The number of amides is 2. The normalized spacial score (nSPS) is 16.8. The van der Waals surface area contributed by atoms with Crippen LogP contribution in [0.3, 0.4) is 0 Å². The maximum absolute atomic E-state index is 12.2. The van der Waals surface area contributed by atoms with Gasteiger partial charge >= 0.3 is 0 Å². The van der Waals surface area contributed by atoms with Gasteiger partial charge in [-0.1, -0.05) is 13.0 Å². The molecule has 2 aliphatic rings. The molecular weight excluding hydrogens is 536 g/mol. The first kappa shape index (κ1) is 27.1. The number of aromatic nitrogens is 4. The number of rotatable bonds is 9. The van der Waals surface area contributed by atoms with Gasteiger partial charge in [-0.3, -0.25) is 14.9 Å². The minimum absolute atomic E-state index is 0.214. The highest BCUT2D eigenvalue weighted by molar-refractivity contribution is 6.21. The summed E-state index contributed by atoms with van der Waals surface area (Å²) in [6.45, 7) is 3.72. The quantitative estimate of drug-likeness (QED) is 0.250. The summed E-state index contributed by atoms with van der Waals surface area (Å²) in [6.07, 6.45) is 8.58. The van der Waals surface area contributed by atoms with Crippen LogP contribution in [0, 0.1) is 5.92 Å². The molecule has 1 unspecified atom stereocenters. The number of allylic oxidation sites excluding steroid dienone is 1. The number of methoxy groups -OCH3 is 2. The largest absolute Gasteiger partial charge is 0.491 e. The summed E-state index contributed by atoms with van der Waals surface area (Å²) in [7, 11) is 3.13. The highest BCUT2D eigenvalue weighted by atomic mass is 16.5. The second-order valence-electron chi connectivity index (χ2n) is 10.2. The van der Waals surface area contributed by atoms with Gasteiger partial charge in [0, 0.05) is 48.9 Å². The molecule has 1 atom stereocenters. The van der Waals surface area contributed by atoms with Crippen molar-refractivity contribution in [2.75, 3.05) is 42.8 Å². The van der Waals surface area contributed by atoms with Crippen molar-refractivity contribution in [1.29, 1.82) is 0 Å². The topological polar surface area (TPSA) is 135 Å². The molecule has 12 heteroatoms. The fraction of sp³-hybridized carbons (Fsp3) is 0.300. The molecule has 0 bridgehead atoms. The number of nitrogens with zero attached hydrogens (tertiary/aromatic N) is 5. The Hall–Kier alpha value is -5.13. The Bertz CT molecular complexity index is 1700. The van der Waals surface area contributed by atoms with Crippen molar-refractivity contribution in [2.24, 2.45) is 5.92 Å². The van der Waals surface area contributed by atoms with Gasteiger partial charge in [0.2, 0.25) is 0 Å². The zero-order valence-corrected chi connectivity index (χ0v) is 23.7. The summed E-state index contributed by atoms with van der Waals surface area (Å²) in [5.41, 5.74) is 4.11. The first-order valence-electron chi connectivity index (χ1n) is 13.9. The van der Waals surface area contributed by atoms with E-state index in [1.165, 1.54) is 0 Å². The molecule has 0 radical (unpaired) electrons. The molecule has 5 heterocycles. The van der Waals surface area contributed by atoms with Crippen molar-refractivity contribution < 1.29 is 19.1 Å². The van der Waals surface area contributed by atoms with Crippen LogP contribution in [0.15, 0.2) is 60.6 Å². The van der Waals surface area contributed by atoms with Crippen molar-refractivity contribution >= 4 is 40.5 Å². The van der Waals surface area contributed by atoms with E-state index in [0.29, 0.717) is 34.2 Å². The molecule has 2 aliphatic heterocycles. The number of anilines is 4. The molecule has 42 heavy (non-hydrogen) atoms. The SMILES string of the molecule is CC/C=C(/Nc1ccc2c(c1)C(=O)NC2=O)C1CCCN(c2cc(Nc3ccc(OC)c(OC)n3)c3nccn3n2)C1. The molecule has 12 nitrogen and oxygen atoms in total. The number of piperidine rings is 1. The lowest BCUT2D eigenvalue weighted by Gasteiger charge is -2.35. The van der Waals surface area contributed by atoms with Crippen molar-refractivity contribution in [3.63, 3.8) is 0 Å². The zero-order valence-electron chi connectivity index (χ0n) is 23.7. The smallest absolute Gasteiger partial charge is 0.259 e. The minimum atomic E-state index is -0.364. The molecule has 0 spiro atoms. The number of carbonyl (C=O) groups is 2. The number of hydrogen-bond acceptors (Lipinski definition) is 10. The number of benzene rings is 1. The molecular formula is C30H32N8O4. The molecule has 216 valence electrons. The van der Waals surface area contributed by atoms with E-state index < -0.39 is 0 Å². The molecule has 4 aromatic rings. The summed E-state index contributed by atoms with van der Waals surface area (Å²) in [5, 5.41) is 14.1. The zero-order chi connectivity index (χ0) is 29.2. The highest BCUT2D eigenvalue weighted by Crippen LogP contribution is 2.32. The summed E-state index contributed by atoms with van der Waals surface area (Å²) >= 11 is 0. The van der Waals surface area contributed by atoms with Crippen LogP contribution < -0.4 is 30.3 Å². The number of hydrogen-bond donors (Lipinski definition) is 3. The highest BCUT2D eigenvalue weighted by Gasteiger charge is 2.28. The van der Waals surface area contributed by atoms with Gasteiger partial charge in [-0.15, -0.1) is 5.10 Å². The molecule has 2 amide bonds. The molecule has 6 rings (SSSR count). The van der Waals surface area contributed by atoms with Crippen LogP contribution in [0.2, 0.25) is 0 Å². The number of carbonyl (C=O) groups excluding carboxylic acids is 2. The van der Waals surface area contributed by atoms with Gasteiger partial charge in [0.1, 0.15) is 5.82 Å². The Morgan fingerprint density at radius 1 is 1.12 bits per heavy atom. The second-order valence-corrected chi connectivity index (χ2v) is 10.2. The first-order chi connectivity index (χ1) is 20.5. The van der Waals surface area contributed by atoms with E-state index in [4.69, 9.17) is 14.6 Å². The predicted molar refractivity (Wildman–Crippen MR) is 159 cm³/mol. The second kappa shape index (κ2) is 11.4. The average Bonchev–Trinajstić information content (AvgIpc) is 3.60. The van der Waals surface area contributed by atoms with Crippen LogP contribution in [0.5, 0.6) is 11.6 Å². The van der Waals surface area contributed by atoms with Crippen molar-refractivity contribution in [1.82, 2.24) is 24.9 Å². The lowest BCUT2D eigenvalue weighted by molar-refractivity contribution is 0.0879. The van der Waals surface area contributed by atoms with Crippen LogP contribution in [-0.2, 0) is 0 Å². The Labute approximate surface area is 242 Å². The van der Waals surface area contributed by atoms with E-state index in [9.17, 15) is 9.59 Å². The third-order valence-corrected chi connectivity index (χ3v) is 7.48. The van der Waals surface area contributed by atoms with Gasteiger partial charge in [-0.25, -0.2) is 9.50 Å². The maximum Gasteiger partial charge on any atom is 0.259 e. The van der Waals surface area contributed by atoms with Crippen LogP contribution >= 0.6 is 0 Å². The Balaban J connectivity index is 1.25. The molecule has 0 saturated carbocycles. The van der Waals surface area contributed by atoms with E-state index in [2.05, 4.69) is 43.8 Å². The predicted octanol–water partition coefficient (Wildman–Crippen LogP) is 4.39. The van der Waals surface area contributed by atoms with Crippen molar-refractivity contribution in [2.45, 2.75) is 26.2 Å². The van der Waals surface area contributed by atoms with E-state index in [1.807, 2.05) is 24.4 Å². The van der Waals surface area contributed by atoms with Gasteiger partial charge in [0.25, 0.3) is 17.7 Å². The fourth-order valence-corrected chi connectivity index (χ4v) is 5.48. The third-order valence-electron chi connectivity index (χ3n) is 7.48. The number of nitrogens with one attached hydrogen (secondary N) is 3. The summed E-state index contributed by atoms with van der Waals surface area (Å²) in [6, 6.07) is 10.9. The van der Waals surface area contributed by atoms with Gasteiger partial charge in [-0.05, 0) is 49.6 Å². The van der Waals surface area contributed by atoms with Crippen LogP contribution in [0.1, 0.15) is 46.9 Å². The van der Waals surface area contributed by atoms with Crippen LogP contribution in [0.4, 0.5) is 23.0 Å². The van der Waals surface area contributed by atoms with Gasteiger partial charge in [-0.2, -0.15) is 4.98 Å². The fourth-order valence-electron chi connectivity index (χ4n) is 5.48. The van der Waals surface area contributed by atoms with Crippen LogP contribution in [0.25, 0.3) is 5.65 Å².